The third kappa shape index (κ3) is 2.55. The molecule has 0 fully saturated rings. The highest BCUT2D eigenvalue weighted by Gasteiger charge is 2.09. The molecule has 0 spiro atoms. The maximum Gasteiger partial charge on any atom is 0.153 e. The van der Waals surface area contributed by atoms with Crippen LogP contribution in [0.25, 0.3) is 0 Å². The summed E-state index contributed by atoms with van der Waals surface area (Å²) in [5.41, 5.74) is 0.402. The second kappa shape index (κ2) is 5.36. The molecule has 2 N–H and O–H groups in total. The molecule has 0 aliphatic carbocycles. The molecule has 1 aromatic carbocycles. The lowest BCUT2D eigenvalue weighted by Crippen LogP contribution is -2.25. The molecule has 14 heavy (non-hydrogen) atoms. The van der Waals surface area contributed by atoms with Gasteiger partial charge in [-0.1, -0.05) is 12.1 Å². The third-order valence-corrected chi connectivity index (χ3v) is 1.75. The molecule has 4 heteroatoms. The zero-order valence-corrected chi connectivity index (χ0v) is 7.59. The minimum atomic E-state index is -0.684. The smallest absolute Gasteiger partial charge is 0.153 e. The number of carbonyl (C=O) groups excluding carboxylic acids is 1. The van der Waals surface area contributed by atoms with Gasteiger partial charge in [-0.25, -0.2) is 0 Å². The molecule has 0 unspecified atom stereocenters. The average molecular weight is 196 g/mol. The molecule has 0 bridgehead atoms. The molecule has 0 saturated carbocycles. The van der Waals surface area contributed by atoms with E-state index in [2.05, 4.69) is 0 Å². The normalized spacial score (nSPS) is 10.2. The van der Waals surface area contributed by atoms with Crippen LogP contribution >= 0.6 is 0 Å². The fourth-order valence-corrected chi connectivity index (χ4v) is 0.997. The van der Waals surface area contributed by atoms with Crippen molar-refractivity contribution < 1.29 is 19.7 Å². The van der Waals surface area contributed by atoms with E-state index < -0.39 is 6.10 Å². The Balaban J connectivity index is 2.79. The van der Waals surface area contributed by atoms with Crippen LogP contribution in [0.3, 0.4) is 0 Å². The van der Waals surface area contributed by atoms with Gasteiger partial charge < -0.3 is 14.9 Å². The Morgan fingerprint density at radius 1 is 1.29 bits per heavy atom. The van der Waals surface area contributed by atoms with Gasteiger partial charge in [-0.05, 0) is 12.1 Å². The summed E-state index contributed by atoms with van der Waals surface area (Å²) >= 11 is 0. The van der Waals surface area contributed by atoms with Gasteiger partial charge in [0.2, 0.25) is 0 Å². The Morgan fingerprint density at radius 3 is 2.50 bits per heavy atom. The van der Waals surface area contributed by atoms with Crippen molar-refractivity contribution in [1.29, 1.82) is 0 Å². The van der Waals surface area contributed by atoms with E-state index >= 15 is 0 Å². The first-order valence-electron chi connectivity index (χ1n) is 4.24. The van der Waals surface area contributed by atoms with E-state index in [0.29, 0.717) is 17.6 Å². The summed E-state index contributed by atoms with van der Waals surface area (Å²) in [6.45, 7) is -0.576. The van der Waals surface area contributed by atoms with Crippen molar-refractivity contribution >= 4 is 6.29 Å². The second-order valence-electron chi connectivity index (χ2n) is 2.76. The summed E-state index contributed by atoms with van der Waals surface area (Å²) in [6, 6.07) is 6.65. The van der Waals surface area contributed by atoms with Crippen LogP contribution in [-0.4, -0.2) is 35.8 Å². The van der Waals surface area contributed by atoms with Gasteiger partial charge >= 0.3 is 0 Å². The molecular weight excluding hydrogens is 184 g/mol. The van der Waals surface area contributed by atoms with Crippen LogP contribution in [0.4, 0.5) is 0 Å². The molecule has 0 heterocycles. The highest BCUT2D eigenvalue weighted by molar-refractivity contribution is 5.79. The van der Waals surface area contributed by atoms with Crippen molar-refractivity contribution in [2.45, 2.75) is 6.10 Å². The number of aldehydes is 1. The van der Waals surface area contributed by atoms with E-state index in [1.165, 1.54) is 0 Å². The van der Waals surface area contributed by atoms with Crippen LogP contribution in [0, 0.1) is 0 Å². The van der Waals surface area contributed by atoms with Gasteiger partial charge in [-0.15, -0.1) is 0 Å². The van der Waals surface area contributed by atoms with Crippen LogP contribution in [0.15, 0.2) is 24.3 Å². The molecule has 0 amide bonds. The lowest BCUT2D eigenvalue weighted by molar-refractivity contribution is 0.0621. The molecule has 0 aliphatic heterocycles. The first-order valence-corrected chi connectivity index (χ1v) is 4.24. The maximum atomic E-state index is 10.6. The number of rotatable bonds is 5. The van der Waals surface area contributed by atoms with Crippen LogP contribution < -0.4 is 4.74 Å². The predicted octanol–water partition coefficient (Wildman–Crippen LogP) is 0.231. The Bertz CT molecular complexity index is 294. The molecular formula is C10H12O4. The molecule has 0 atom stereocenters. The van der Waals surface area contributed by atoms with Gasteiger partial charge in [-0.2, -0.15) is 0 Å². The number of carbonyl (C=O) groups is 1. The second-order valence-corrected chi connectivity index (χ2v) is 2.76. The van der Waals surface area contributed by atoms with Crippen molar-refractivity contribution in [2.75, 3.05) is 13.2 Å². The fraction of sp³-hybridized carbons (Fsp3) is 0.300. The molecule has 0 aliphatic rings. The Hall–Kier alpha value is -1.39. The summed E-state index contributed by atoms with van der Waals surface area (Å²) in [5.74, 6) is 0.371. The first-order chi connectivity index (χ1) is 6.81. The largest absolute Gasteiger partial charge is 0.485 e. The van der Waals surface area contributed by atoms with Crippen molar-refractivity contribution in [1.82, 2.24) is 0 Å². The minimum Gasteiger partial charge on any atom is -0.485 e. The molecule has 76 valence electrons. The highest BCUT2D eigenvalue weighted by Crippen LogP contribution is 2.16. The lowest BCUT2D eigenvalue weighted by Gasteiger charge is -2.15. The summed E-state index contributed by atoms with van der Waals surface area (Å²) in [4.78, 5) is 10.6. The van der Waals surface area contributed by atoms with Gasteiger partial charge in [-0.3, -0.25) is 4.79 Å². The van der Waals surface area contributed by atoms with E-state index in [-0.39, 0.29) is 13.2 Å². The monoisotopic (exact) mass is 196 g/mol. The predicted molar refractivity (Wildman–Crippen MR) is 50.4 cm³/mol. The zero-order valence-electron chi connectivity index (χ0n) is 7.59. The number of hydrogen-bond acceptors (Lipinski definition) is 4. The van der Waals surface area contributed by atoms with Crippen LogP contribution in [0.1, 0.15) is 10.4 Å². The van der Waals surface area contributed by atoms with E-state index in [1.807, 2.05) is 0 Å². The quantitative estimate of drug-likeness (QED) is 0.661. The molecule has 0 aromatic heterocycles. The van der Waals surface area contributed by atoms with Crippen molar-refractivity contribution in [3.8, 4) is 5.75 Å². The van der Waals surface area contributed by atoms with Crippen LogP contribution in [0.2, 0.25) is 0 Å². The van der Waals surface area contributed by atoms with E-state index in [1.54, 1.807) is 24.3 Å². The number of aliphatic hydroxyl groups is 2. The Kier molecular flexibility index (Phi) is 4.10. The van der Waals surface area contributed by atoms with E-state index in [0.717, 1.165) is 0 Å². The van der Waals surface area contributed by atoms with Crippen molar-refractivity contribution in [3.63, 3.8) is 0 Å². The average Bonchev–Trinajstić information content (AvgIpc) is 2.26. The van der Waals surface area contributed by atoms with Gasteiger partial charge in [0.15, 0.2) is 6.29 Å². The standard InChI is InChI=1S/C10H12O4/c11-5-8-3-1-2-4-10(8)14-9(6-12)7-13/h1-5,9,12-13H,6-7H2. The van der Waals surface area contributed by atoms with Gasteiger partial charge in [0.1, 0.15) is 11.9 Å². The molecule has 0 radical (unpaired) electrons. The molecule has 1 aromatic rings. The number of aliphatic hydroxyl groups excluding tert-OH is 2. The minimum absolute atomic E-state index is 0.288. The Labute approximate surface area is 81.8 Å². The van der Waals surface area contributed by atoms with Crippen molar-refractivity contribution in [2.24, 2.45) is 0 Å². The zero-order chi connectivity index (χ0) is 10.4. The summed E-state index contributed by atoms with van der Waals surface area (Å²) < 4.78 is 5.20. The Morgan fingerprint density at radius 2 is 1.93 bits per heavy atom. The summed E-state index contributed by atoms with van der Waals surface area (Å²) in [6.07, 6.45) is -0.0164. The number of para-hydroxylation sites is 1. The van der Waals surface area contributed by atoms with Crippen LogP contribution in [0.5, 0.6) is 5.75 Å². The highest BCUT2D eigenvalue weighted by atomic mass is 16.5. The van der Waals surface area contributed by atoms with Gasteiger partial charge in [0, 0.05) is 0 Å². The molecule has 1 rings (SSSR count). The number of hydrogen-bond donors (Lipinski definition) is 2. The van der Waals surface area contributed by atoms with Gasteiger partial charge in [0.25, 0.3) is 0 Å². The summed E-state index contributed by atoms with van der Waals surface area (Å²) in [7, 11) is 0. The molecule has 0 saturated heterocycles. The first kappa shape index (κ1) is 10.7. The topological polar surface area (TPSA) is 66.8 Å². The van der Waals surface area contributed by atoms with Crippen molar-refractivity contribution in [3.05, 3.63) is 29.8 Å². The number of ether oxygens (including phenoxy) is 1. The van der Waals surface area contributed by atoms with E-state index in [9.17, 15) is 4.79 Å². The third-order valence-electron chi connectivity index (χ3n) is 1.75. The molecule has 4 nitrogen and oxygen atoms in total. The number of benzene rings is 1. The fourth-order valence-electron chi connectivity index (χ4n) is 0.997. The summed E-state index contributed by atoms with van der Waals surface area (Å²) in [5, 5.41) is 17.6. The SMILES string of the molecule is O=Cc1ccccc1OC(CO)CO. The van der Waals surface area contributed by atoms with Crippen LogP contribution in [-0.2, 0) is 0 Å². The van der Waals surface area contributed by atoms with Gasteiger partial charge in [0.05, 0.1) is 18.8 Å². The van der Waals surface area contributed by atoms with E-state index in [4.69, 9.17) is 14.9 Å². The maximum absolute atomic E-state index is 10.6. The lowest BCUT2D eigenvalue weighted by atomic mass is 10.2.